The van der Waals surface area contributed by atoms with Gasteiger partial charge in [-0.2, -0.15) is 0 Å². The Morgan fingerprint density at radius 1 is 1.12 bits per heavy atom. The molecule has 3 aromatic carbocycles. The molecular formula is C31H26Cl2FN3O3. The number of rotatable bonds is 7. The molecule has 1 amide bonds. The van der Waals surface area contributed by atoms with Crippen molar-refractivity contribution in [2.45, 2.75) is 32.0 Å². The second kappa shape index (κ2) is 10.6. The number of methoxy groups -OCH3 is 1. The maximum absolute atomic E-state index is 14.0. The average molecular weight is 578 g/mol. The smallest absolute Gasteiger partial charge is 0.251 e. The predicted octanol–water partition coefficient (Wildman–Crippen LogP) is 7.76. The number of anilines is 1. The largest absolute Gasteiger partial charge is 0.496 e. The molecule has 1 saturated carbocycles. The lowest BCUT2D eigenvalue weighted by Crippen LogP contribution is -2.22. The van der Waals surface area contributed by atoms with E-state index in [4.69, 9.17) is 32.7 Å². The van der Waals surface area contributed by atoms with Crippen molar-refractivity contribution in [3.8, 4) is 22.6 Å². The van der Waals surface area contributed by atoms with Gasteiger partial charge in [0.25, 0.3) is 5.91 Å². The minimum Gasteiger partial charge on any atom is -0.496 e. The number of nitrogens with one attached hydrogen (secondary N) is 2. The van der Waals surface area contributed by atoms with Crippen LogP contribution in [0.25, 0.3) is 11.1 Å². The number of carbonyl (C=O) groups excluding carboxylic acids is 1. The van der Waals surface area contributed by atoms with Crippen LogP contribution >= 0.6 is 23.2 Å². The number of nitrogens with zero attached hydrogens (tertiary/aromatic N) is 1. The second-order valence-electron chi connectivity index (χ2n) is 10.1. The van der Waals surface area contributed by atoms with Gasteiger partial charge >= 0.3 is 0 Å². The van der Waals surface area contributed by atoms with Crippen LogP contribution in [0.4, 0.5) is 10.2 Å². The van der Waals surface area contributed by atoms with Gasteiger partial charge in [0, 0.05) is 23.9 Å². The van der Waals surface area contributed by atoms with Gasteiger partial charge in [0.05, 0.1) is 22.7 Å². The molecule has 1 fully saturated rings. The van der Waals surface area contributed by atoms with Crippen LogP contribution in [0.3, 0.4) is 0 Å². The molecule has 1 aromatic heterocycles. The fraction of sp³-hybridized carbons (Fsp3) is 0.226. The highest BCUT2D eigenvalue weighted by atomic mass is 35.5. The van der Waals surface area contributed by atoms with Gasteiger partial charge in [-0.25, -0.2) is 9.37 Å². The van der Waals surface area contributed by atoms with Crippen LogP contribution in [-0.2, 0) is 6.54 Å². The molecule has 0 saturated heterocycles. The van der Waals surface area contributed by atoms with Gasteiger partial charge in [-0.15, -0.1) is 0 Å². The fourth-order valence-electron chi connectivity index (χ4n) is 5.02. The summed E-state index contributed by atoms with van der Waals surface area (Å²) in [5, 5.41) is 6.25. The third kappa shape index (κ3) is 5.07. The summed E-state index contributed by atoms with van der Waals surface area (Å²) in [5.41, 5.74) is 4.72. The van der Waals surface area contributed by atoms with Crippen LogP contribution in [0.1, 0.15) is 52.5 Å². The summed E-state index contributed by atoms with van der Waals surface area (Å²) in [5.74, 6) is 2.36. The molecule has 204 valence electrons. The highest BCUT2D eigenvalue weighted by Crippen LogP contribution is 2.50. The van der Waals surface area contributed by atoms with E-state index in [1.165, 1.54) is 24.1 Å². The molecule has 4 aromatic rings. The van der Waals surface area contributed by atoms with Crippen LogP contribution in [0.2, 0.25) is 10.0 Å². The average Bonchev–Trinajstić information content (AvgIpc) is 3.55. The number of fused-ring (bicyclic) bond motifs is 1. The third-order valence-electron chi connectivity index (χ3n) is 7.45. The van der Waals surface area contributed by atoms with Crippen LogP contribution in [0.5, 0.6) is 11.5 Å². The summed E-state index contributed by atoms with van der Waals surface area (Å²) >= 11 is 12.4. The zero-order valence-corrected chi connectivity index (χ0v) is 23.3. The molecule has 6 nitrogen and oxygen atoms in total. The maximum Gasteiger partial charge on any atom is 0.251 e. The Kier molecular flexibility index (Phi) is 7.02. The fourth-order valence-corrected chi connectivity index (χ4v) is 5.59. The number of aromatic nitrogens is 1. The molecule has 2 aliphatic rings. The van der Waals surface area contributed by atoms with Gasteiger partial charge in [0.2, 0.25) is 6.23 Å². The van der Waals surface area contributed by atoms with E-state index >= 15 is 0 Å². The first-order valence-electron chi connectivity index (χ1n) is 12.9. The van der Waals surface area contributed by atoms with Crippen molar-refractivity contribution >= 4 is 34.9 Å². The second-order valence-corrected chi connectivity index (χ2v) is 10.9. The monoisotopic (exact) mass is 577 g/mol. The van der Waals surface area contributed by atoms with E-state index < -0.39 is 12.0 Å². The lowest BCUT2D eigenvalue weighted by Gasteiger charge is -2.15. The van der Waals surface area contributed by atoms with Crippen LogP contribution in [0.15, 0.2) is 66.9 Å². The zero-order chi connectivity index (χ0) is 28.0. The van der Waals surface area contributed by atoms with Gasteiger partial charge in [-0.05, 0) is 71.3 Å². The van der Waals surface area contributed by atoms with Crippen molar-refractivity contribution in [1.82, 2.24) is 10.3 Å². The molecule has 2 heterocycles. The maximum atomic E-state index is 14.0. The summed E-state index contributed by atoms with van der Waals surface area (Å²) in [6.45, 7) is 2.64. The van der Waals surface area contributed by atoms with E-state index in [0.29, 0.717) is 41.1 Å². The molecule has 1 aliphatic carbocycles. The van der Waals surface area contributed by atoms with Crippen molar-refractivity contribution in [1.29, 1.82) is 0 Å². The van der Waals surface area contributed by atoms with E-state index in [1.807, 2.05) is 30.3 Å². The SMILES string of the molecule is COc1cc(CNC(=O)c2ccc(-c3cnc4c(c3)OC(c3c(Cl)ccc(F)c3Cl)N4)cc2)ccc1C1C[C@@H]1C. The van der Waals surface area contributed by atoms with Gasteiger partial charge in [0.15, 0.2) is 11.6 Å². The summed E-state index contributed by atoms with van der Waals surface area (Å²) in [6, 6.07) is 17.9. The predicted molar refractivity (Wildman–Crippen MR) is 154 cm³/mol. The van der Waals surface area contributed by atoms with E-state index in [-0.39, 0.29) is 16.0 Å². The number of hydrogen-bond donors (Lipinski definition) is 2. The van der Waals surface area contributed by atoms with Crippen LogP contribution in [0, 0.1) is 11.7 Å². The number of ether oxygens (including phenoxy) is 2. The van der Waals surface area contributed by atoms with E-state index in [9.17, 15) is 9.18 Å². The Bertz CT molecular complexity index is 1610. The Hall–Kier alpha value is -3.81. The first kappa shape index (κ1) is 26.4. The number of pyridine rings is 1. The molecule has 0 spiro atoms. The summed E-state index contributed by atoms with van der Waals surface area (Å²) < 4.78 is 25.6. The van der Waals surface area contributed by atoms with E-state index in [1.54, 1.807) is 25.4 Å². The molecule has 3 atom stereocenters. The Morgan fingerprint density at radius 2 is 1.90 bits per heavy atom. The molecule has 1 aliphatic heterocycles. The summed E-state index contributed by atoms with van der Waals surface area (Å²) in [6.07, 6.45) is 2.11. The third-order valence-corrected chi connectivity index (χ3v) is 8.16. The first-order valence-corrected chi connectivity index (χ1v) is 13.7. The first-order chi connectivity index (χ1) is 19.3. The van der Waals surface area contributed by atoms with E-state index in [2.05, 4.69) is 28.6 Å². The van der Waals surface area contributed by atoms with Crippen molar-refractivity contribution in [2.75, 3.05) is 12.4 Å². The molecule has 6 rings (SSSR count). The van der Waals surface area contributed by atoms with Crippen LogP contribution < -0.4 is 20.1 Å². The lowest BCUT2D eigenvalue weighted by atomic mass is 10.0. The lowest BCUT2D eigenvalue weighted by molar-refractivity contribution is 0.0951. The van der Waals surface area contributed by atoms with Crippen molar-refractivity contribution in [2.24, 2.45) is 5.92 Å². The number of benzene rings is 3. The van der Waals surface area contributed by atoms with E-state index in [0.717, 1.165) is 22.4 Å². The number of amides is 1. The molecule has 9 heteroatoms. The molecule has 0 radical (unpaired) electrons. The normalized spacial score (nSPS) is 18.9. The molecule has 2 N–H and O–H groups in total. The van der Waals surface area contributed by atoms with Gasteiger partial charge in [0.1, 0.15) is 11.6 Å². The zero-order valence-electron chi connectivity index (χ0n) is 21.8. The van der Waals surface area contributed by atoms with Crippen molar-refractivity contribution < 1.29 is 18.7 Å². The molecule has 40 heavy (non-hydrogen) atoms. The molecular weight excluding hydrogens is 552 g/mol. The topological polar surface area (TPSA) is 72.5 Å². The summed E-state index contributed by atoms with van der Waals surface area (Å²) in [4.78, 5) is 17.3. The Balaban J connectivity index is 1.11. The highest BCUT2D eigenvalue weighted by Gasteiger charge is 2.36. The Labute approximate surface area is 241 Å². The highest BCUT2D eigenvalue weighted by molar-refractivity contribution is 6.36. The van der Waals surface area contributed by atoms with Gasteiger partial charge < -0.3 is 20.1 Å². The van der Waals surface area contributed by atoms with Crippen molar-refractivity contribution in [3.63, 3.8) is 0 Å². The molecule has 0 bridgehead atoms. The number of carbonyl (C=O) groups is 1. The number of hydrogen-bond acceptors (Lipinski definition) is 5. The minimum atomic E-state index is -0.770. The molecule has 2 unspecified atom stereocenters. The number of halogens is 3. The van der Waals surface area contributed by atoms with Gasteiger partial charge in [-0.1, -0.05) is 54.4 Å². The van der Waals surface area contributed by atoms with Crippen LogP contribution in [-0.4, -0.2) is 18.0 Å². The van der Waals surface area contributed by atoms with Gasteiger partial charge in [-0.3, -0.25) is 4.79 Å². The van der Waals surface area contributed by atoms with Crippen molar-refractivity contribution in [3.05, 3.63) is 105 Å². The quantitative estimate of drug-likeness (QED) is 0.219. The standard InChI is InChI=1S/C31H26Cl2FN3O3/c1-16-11-22(16)21-8-3-17(12-25(21)39-2)14-36-30(38)19-6-4-18(5-7-19)20-13-26-29(35-15-20)37-31(40-26)27-23(32)9-10-24(34)28(27)33/h3-10,12-13,15-16,22,31H,11,14H2,1-2H3,(H,35,37)(H,36,38)/t16-,22?,31?/m0/s1. The minimum absolute atomic E-state index is 0.101. The Morgan fingerprint density at radius 3 is 2.62 bits per heavy atom. The summed E-state index contributed by atoms with van der Waals surface area (Å²) in [7, 11) is 1.68.